The van der Waals surface area contributed by atoms with E-state index in [1.165, 1.54) is 7.11 Å². The first-order valence-corrected chi connectivity index (χ1v) is 10.6. The molecule has 2 aliphatic rings. The van der Waals surface area contributed by atoms with Gasteiger partial charge in [-0.1, -0.05) is 48.0 Å². The highest BCUT2D eigenvalue weighted by Crippen LogP contribution is 2.49. The van der Waals surface area contributed by atoms with Gasteiger partial charge in [-0.3, -0.25) is 14.6 Å². The number of hydrogen-bond acceptors (Lipinski definition) is 5. The number of nitrogens with zero attached hydrogens (tertiary/aromatic N) is 1. The molecule has 1 aliphatic heterocycles. The Balaban J connectivity index is 1.86. The van der Waals surface area contributed by atoms with Gasteiger partial charge in [0.1, 0.15) is 11.7 Å². The molecular weight excluding hydrogens is 414 g/mol. The normalized spacial score (nSPS) is 23.2. The quantitative estimate of drug-likeness (QED) is 0.624. The van der Waals surface area contributed by atoms with E-state index < -0.39 is 17.8 Å². The molecule has 0 radical (unpaired) electrons. The number of carbonyl (C=O) groups excluding carboxylic acids is 2. The number of halogens is 1. The van der Waals surface area contributed by atoms with Gasteiger partial charge in [0.25, 0.3) is 0 Å². The maximum Gasteiger partial charge on any atom is 0.315 e. The van der Waals surface area contributed by atoms with Gasteiger partial charge < -0.3 is 9.47 Å². The fraction of sp³-hybridized carbons (Fsp3) is 0.320. The number of allylic oxidation sites excluding steroid dienone is 2. The molecule has 2 aromatic rings. The van der Waals surface area contributed by atoms with E-state index in [1.54, 1.807) is 7.11 Å². The van der Waals surface area contributed by atoms with Crippen LogP contribution in [0.4, 0.5) is 0 Å². The Hall–Kier alpha value is -2.92. The molecule has 0 N–H and O–H groups in total. The molecule has 3 atom stereocenters. The number of Topliss-reactive ketones (excluding diaryl/α,β-unsaturated/α-hetero) is 1. The summed E-state index contributed by atoms with van der Waals surface area (Å²) >= 11 is 6.42. The van der Waals surface area contributed by atoms with Gasteiger partial charge in [-0.15, -0.1) is 0 Å². The Morgan fingerprint density at radius 3 is 2.39 bits per heavy atom. The zero-order chi connectivity index (χ0) is 22.1. The Morgan fingerprint density at radius 1 is 1.03 bits per heavy atom. The smallest absolute Gasteiger partial charge is 0.315 e. The van der Waals surface area contributed by atoms with Crippen LogP contribution in [0.25, 0.3) is 0 Å². The monoisotopic (exact) mass is 437 g/mol. The number of rotatable bonds is 4. The second-order valence-electron chi connectivity index (χ2n) is 7.88. The van der Waals surface area contributed by atoms with Gasteiger partial charge in [-0.05, 0) is 37.0 Å². The molecule has 31 heavy (non-hydrogen) atoms. The van der Waals surface area contributed by atoms with E-state index in [9.17, 15) is 9.59 Å². The molecule has 0 fully saturated rings. The molecule has 1 heterocycles. The molecule has 0 spiro atoms. The van der Waals surface area contributed by atoms with Crippen molar-refractivity contribution in [2.45, 2.75) is 31.6 Å². The summed E-state index contributed by atoms with van der Waals surface area (Å²) in [5, 5.41) is 0.648. The summed E-state index contributed by atoms with van der Waals surface area (Å²) in [5.41, 5.74) is 3.66. The van der Waals surface area contributed by atoms with Crippen molar-refractivity contribution in [1.82, 2.24) is 0 Å². The van der Waals surface area contributed by atoms with E-state index in [2.05, 4.69) is 0 Å². The molecule has 0 saturated carbocycles. The second kappa shape index (κ2) is 8.67. The van der Waals surface area contributed by atoms with Crippen molar-refractivity contribution in [3.05, 3.63) is 76.0 Å². The summed E-state index contributed by atoms with van der Waals surface area (Å²) in [6, 6.07) is 15.1. The molecule has 1 aliphatic carbocycles. The van der Waals surface area contributed by atoms with E-state index in [-0.39, 0.29) is 11.7 Å². The van der Waals surface area contributed by atoms with Crippen molar-refractivity contribution in [1.29, 1.82) is 0 Å². The number of aliphatic imine (C=N–C) groups is 1. The van der Waals surface area contributed by atoms with Crippen LogP contribution in [0.2, 0.25) is 5.02 Å². The molecule has 4 rings (SSSR count). The summed E-state index contributed by atoms with van der Waals surface area (Å²) < 4.78 is 10.7. The number of methoxy groups -OCH3 is 2. The minimum atomic E-state index is -0.680. The van der Waals surface area contributed by atoms with Crippen LogP contribution in [0.15, 0.2) is 64.8 Å². The first-order chi connectivity index (χ1) is 15.0. The molecule has 6 heteroatoms. The van der Waals surface area contributed by atoms with E-state index in [0.717, 1.165) is 16.8 Å². The van der Waals surface area contributed by atoms with Crippen LogP contribution < -0.4 is 4.74 Å². The number of para-hydroxylation sites is 1. The molecular formula is C25H24ClNO4. The first kappa shape index (κ1) is 21.3. The van der Waals surface area contributed by atoms with E-state index in [0.29, 0.717) is 34.9 Å². The maximum absolute atomic E-state index is 13.5. The summed E-state index contributed by atoms with van der Waals surface area (Å²) in [6.07, 6.45) is 0.901. The average Bonchev–Trinajstić information content (AvgIpc) is 2.77. The SMILES string of the molecule is COC(=O)C1C(C)=NC2=C(C(=O)C[C@H](c3ccccc3Cl)C2)[C@@H]1c1ccccc1OC. The van der Waals surface area contributed by atoms with Gasteiger partial charge in [-0.2, -0.15) is 0 Å². The van der Waals surface area contributed by atoms with E-state index in [4.69, 9.17) is 26.1 Å². The number of ketones is 1. The van der Waals surface area contributed by atoms with Gasteiger partial charge in [0, 0.05) is 39.9 Å². The highest BCUT2D eigenvalue weighted by atomic mass is 35.5. The van der Waals surface area contributed by atoms with Gasteiger partial charge in [0.2, 0.25) is 0 Å². The molecule has 0 bridgehead atoms. The highest BCUT2D eigenvalue weighted by Gasteiger charge is 2.45. The van der Waals surface area contributed by atoms with Crippen LogP contribution in [-0.4, -0.2) is 31.7 Å². The van der Waals surface area contributed by atoms with Crippen molar-refractivity contribution >= 4 is 29.1 Å². The number of hydrogen-bond donors (Lipinski definition) is 0. The number of carbonyl (C=O) groups is 2. The predicted molar refractivity (Wildman–Crippen MR) is 120 cm³/mol. The second-order valence-corrected chi connectivity index (χ2v) is 8.29. The van der Waals surface area contributed by atoms with Gasteiger partial charge in [0.05, 0.1) is 14.2 Å². The highest BCUT2D eigenvalue weighted by molar-refractivity contribution is 6.31. The van der Waals surface area contributed by atoms with E-state index in [1.807, 2.05) is 55.5 Å². The zero-order valence-corrected chi connectivity index (χ0v) is 18.5. The molecule has 0 saturated heterocycles. The molecule has 0 amide bonds. The molecule has 5 nitrogen and oxygen atoms in total. The van der Waals surface area contributed by atoms with Gasteiger partial charge in [0.15, 0.2) is 5.78 Å². The minimum absolute atomic E-state index is 0.0211. The van der Waals surface area contributed by atoms with Crippen LogP contribution in [0.5, 0.6) is 5.75 Å². The zero-order valence-electron chi connectivity index (χ0n) is 17.7. The van der Waals surface area contributed by atoms with Crippen molar-refractivity contribution in [2.75, 3.05) is 14.2 Å². The first-order valence-electron chi connectivity index (χ1n) is 10.2. The third-order valence-corrected chi connectivity index (χ3v) is 6.51. The lowest BCUT2D eigenvalue weighted by Gasteiger charge is -2.36. The standard InChI is InChI=1S/C25H24ClNO4/c1-14-22(25(29)31-3)23(17-9-5-7-11-21(17)30-2)24-19(27-14)12-15(13-20(24)28)16-8-4-6-10-18(16)26/h4-11,15,22-23H,12-13H2,1-3H3/t15-,22?,23-/m1/s1. The Bertz CT molecular complexity index is 1100. The van der Waals surface area contributed by atoms with Gasteiger partial charge >= 0.3 is 5.97 Å². The topological polar surface area (TPSA) is 65.0 Å². The van der Waals surface area contributed by atoms with Gasteiger partial charge in [-0.25, -0.2) is 0 Å². The fourth-order valence-electron chi connectivity index (χ4n) is 4.78. The molecule has 0 aromatic heterocycles. The van der Waals surface area contributed by atoms with E-state index >= 15 is 0 Å². The summed E-state index contributed by atoms with van der Waals surface area (Å²) in [5.74, 6) is -1.04. The Kier molecular flexibility index (Phi) is 5.96. The summed E-state index contributed by atoms with van der Waals surface area (Å²) in [7, 11) is 2.94. The van der Waals surface area contributed by atoms with Crippen LogP contribution in [0.3, 0.4) is 0 Å². The summed E-state index contributed by atoms with van der Waals surface area (Å²) in [4.78, 5) is 31.0. The van der Waals surface area contributed by atoms with Crippen molar-refractivity contribution in [3.8, 4) is 5.75 Å². The van der Waals surface area contributed by atoms with Crippen molar-refractivity contribution in [2.24, 2.45) is 10.9 Å². The molecule has 1 unspecified atom stereocenters. The lowest BCUT2D eigenvalue weighted by molar-refractivity contribution is -0.143. The number of ether oxygens (including phenoxy) is 2. The van der Waals surface area contributed by atoms with Crippen LogP contribution in [-0.2, 0) is 14.3 Å². The Labute approximate surface area is 186 Å². The summed E-state index contributed by atoms with van der Waals surface area (Å²) in [6.45, 7) is 1.82. The number of esters is 1. The predicted octanol–water partition coefficient (Wildman–Crippen LogP) is 5.10. The average molecular weight is 438 g/mol. The Morgan fingerprint density at radius 2 is 1.71 bits per heavy atom. The maximum atomic E-state index is 13.5. The van der Waals surface area contributed by atoms with Crippen molar-refractivity contribution in [3.63, 3.8) is 0 Å². The third-order valence-electron chi connectivity index (χ3n) is 6.16. The molecule has 2 aromatic carbocycles. The lowest BCUT2D eigenvalue weighted by Crippen LogP contribution is -2.38. The minimum Gasteiger partial charge on any atom is -0.496 e. The fourth-order valence-corrected chi connectivity index (χ4v) is 5.07. The lowest BCUT2D eigenvalue weighted by atomic mass is 9.69. The largest absolute Gasteiger partial charge is 0.496 e. The number of benzene rings is 2. The van der Waals surface area contributed by atoms with Crippen LogP contribution in [0, 0.1) is 5.92 Å². The third kappa shape index (κ3) is 3.79. The van der Waals surface area contributed by atoms with Crippen LogP contribution in [0.1, 0.15) is 42.7 Å². The van der Waals surface area contributed by atoms with Crippen molar-refractivity contribution < 1.29 is 19.1 Å². The molecule has 160 valence electrons. The van der Waals surface area contributed by atoms with Crippen LogP contribution >= 0.6 is 11.6 Å².